The van der Waals surface area contributed by atoms with Gasteiger partial charge in [-0.1, -0.05) is 18.0 Å². The van der Waals surface area contributed by atoms with Crippen molar-refractivity contribution in [3.05, 3.63) is 0 Å². The van der Waals surface area contributed by atoms with Crippen molar-refractivity contribution in [1.82, 2.24) is 5.32 Å². The molecule has 102 valence electrons. The Kier molecular flexibility index (Phi) is 4.06. The standard InChI is InChI=1S/C12H21N3O3/c13-11(15-17)12(5-1-2-6-12)14-10(16)8-9-4-3-7-18-9/h9,17H,1-8H2,(H2,13,15)(H,14,16). The molecule has 1 unspecified atom stereocenters. The first-order chi connectivity index (χ1) is 8.66. The fourth-order valence-electron chi connectivity index (χ4n) is 2.85. The van der Waals surface area contributed by atoms with Crippen LogP contribution in [0.15, 0.2) is 5.16 Å². The Balaban J connectivity index is 1.94. The van der Waals surface area contributed by atoms with Crippen molar-refractivity contribution in [2.75, 3.05) is 6.61 Å². The minimum atomic E-state index is -0.648. The van der Waals surface area contributed by atoms with Gasteiger partial charge in [0.15, 0.2) is 5.84 Å². The number of hydrogen-bond donors (Lipinski definition) is 3. The highest BCUT2D eigenvalue weighted by Gasteiger charge is 2.40. The number of ether oxygens (including phenoxy) is 1. The fourth-order valence-corrected chi connectivity index (χ4v) is 2.85. The first-order valence-electron chi connectivity index (χ1n) is 6.57. The van der Waals surface area contributed by atoms with Crippen molar-refractivity contribution in [3.63, 3.8) is 0 Å². The molecular weight excluding hydrogens is 234 g/mol. The largest absolute Gasteiger partial charge is 0.409 e. The zero-order valence-electron chi connectivity index (χ0n) is 10.5. The second-order valence-electron chi connectivity index (χ2n) is 5.16. The number of nitrogens with zero attached hydrogens (tertiary/aromatic N) is 1. The molecule has 2 aliphatic rings. The monoisotopic (exact) mass is 255 g/mol. The molecule has 0 radical (unpaired) electrons. The number of nitrogens with one attached hydrogen (secondary N) is 1. The summed E-state index contributed by atoms with van der Waals surface area (Å²) in [4.78, 5) is 12.0. The molecule has 1 amide bonds. The number of amidine groups is 1. The predicted molar refractivity (Wildman–Crippen MR) is 66.3 cm³/mol. The summed E-state index contributed by atoms with van der Waals surface area (Å²) < 4.78 is 5.44. The third-order valence-electron chi connectivity index (χ3n) is 3.87. The van der Waals surface area contributed by atoms with Crippen LogP contribution in [0.5, 0.6) is 0 Å². The molecule has 1 atom stereocenters. The summed E-state index contributed by atoms with van der Waals surface area (Å²) in [5.41, 5.74) is 5.08. The Morgan fingerprint density at radius 1 is 1.44 bits per heavy atom. The van der Waals surface area contributed by atoms with E-state index in [9.17, 15) is 4.79 Å². The maximum atomic E-state index is 12.0. The summed E-state index contributed by atoms with van der Waals surface area (Å²) in [7, 11) is 0. The van der Waals surface area contributed by atoms with Crippen LogP contribution in [-0.2, 0) is 9.53 Å². The summed E-state index contributed by atoms with van der Waals surface area (Å²) in [6, 6.07) is 0. The zero-order chi connectivity index (χ0) is 13.0. The van der Waals surface area contributed by atoms with Crippen LogP contribution in [0.1, 0.15) is 44.9 Å². The SMILES string of the molecule is NC(=NO)C1(NC(=O)CC2CCCO2)CCCC1. The maximum absolute atomic E-state index is 12.0. The van der Waals surface area contributed by atoms with Gasteiger partial charge in [0, 0.05) is 6.61 Å². The fraction of sp³-hybridized carbons (Fsp3) is 0.833. The summed E-state index contributed by atoms with van der Waals surface area (Å²) in [5, 5.41) is 14.9. The van der Waals surface area contributed by atoms with Gasteiger partial charge < -0.3 is 21.0 Å². The van der Waals surface area contributed by atoms with Gasteiger partial charge in [0.1, 0.15) is 5.54 Å². The number of hydrogen-bond acceptors (Lipinski definition) is 4. The quantitative estimate of drug-likeness (QED) is 0.298. The van der Waals surface area contributed by atoms with E-state index in [-0.39, 0.29) is 17.8 Å². The van der Waals surface area contributed by atoms with Crippen LogP contribution in [0.3, 0.4) is 0 Å². The van der Waals surface area contributed by atoms with Crippen molar-refractivity contribution in [1.29, 1.82) is 0 Å². The van der Waals surface area contributed by atoms with Crippen LogP contribution in [0.25, 0.3) is 0 Å². The number of nitrogens with two attached hydrogens (primary N) is 1. The van der Waals surface area contributed by atoms with E-state index in [2.05, 4.69) is 10.5 Å². The second kappa shape index (κ2) is 5.56. The van der Waals surface area contributed by atoms with Crippen molar-refractivity contribution < 1.29 is 14.7 Å². The smallest absolute Gasteiger partial charge is 0.223 e. The number of amides is 1. The Morgan fingerprint density at radius 3 is 2.72 bits per heavy atom. The van der Waals surface area contributed by atoms with Crippen molar-refractivity contribution in [2.45, 2.75) is 56.6 Å². The van der Waals surface area contributed by atoms with Crippen molar-refractivity contribution in [2.24, 2.45) is 10.9 Å². The van der Waals surface area contributed by atoms with E-state index in [1.807, 2.05) is 0 Å². The van der Waals surface area contributed by atoms with Crippen molar-refractivity contribution in [3.8, 4) is 0 Å². The highest BCUT2D eigenvalue weighted by Crippen LogP contribution is 2.30. The van der Waals surface area contributed by atoms with Crippen LogP contribution in [-0.4, -0.2) is 35.2 Å². The van der Waals surface area contributed by atoms with Gasteiger partial charge in [-0.05, 0) is 25.7 Å². The third kappa shape index (κ3) is 2.75. The summed E-state index contributed by atoms with van der Waals surface area (Å²) in [6.45, 7) is 0.739. The van der Waals surface area contributed by atoms with E-state index in [1.165, 1.54) is 0 Å². The molecule has 0 spiro atoms. The highest BCUT2D eigenvalue weighted by atomic mass is 16.5. The van der Waals surface area contributed by atoms with Gasteiger partial charge >= 0.3 is 0 Å². The summed E-state index contributed by atoms with van der Waals surface area (Å²) >= 11 is 0. The normalized spacial score (nSPS) is 27.3. The number of oxime groups is 1. The van der Waals surface area contributed by atoms with Crippen LogP contribution < -0.4 is 11.1 Å². The maximum Gasteiger partial charge on any atom is 0.223 e. The lowest BCUT2D eigenvalue weighted by Gasteiger charge is -2.29. The first kappa shape index (κ1) is 13.1. The van der Waals surface area contributed by atoms with Gasteiger partial charge in [-0.3, -0.25) is 4.79 Å². The molecule has 1 heterocycles. The molecule has 0 bridgehead atoms. The van der Waals surface area contributed by atoms with Gasteiger partial charge in [0.25, 0.3) is 0 Å². The molecule has 2 rings (SSSR count). The summed E-state index contributed by atoms with van der Waals surface area (Å²) in [6.07, 6.45) is 5.77. The van der Waals surface area contributed by atoms with E-state index >= 15 is 0 Å². The van der Waals surface area contributed by atoms with E-state index in [0.29, 0.717) is 6.42 Å². The topological polar surface area (TPSA) is 96.9 Å². The Bertz CT molecular complexity index is 331. The molecule has 1 aliphatic carbocycles. The van der Waals surface area contributed by atoms with Crippen LogP contribution in [0, 0.1) is 0 Å². The summed E-state index contributed by atoms with van der Waals surface area (Å²) in [5.74, 6) is 0.0380. The molecule has 1 saturated carbocycles. The molecular formula is C12H21N3O3. The molecule has 1 saturated heterocycles. The van der Waals surface area contributed by atoms with Gasteiger partial charge in [0.2, 0.25) is 5.91 Å². The highest BCUT2D eigenvalue weighted by molar-refractivity contribution is 5.94. The Labute approximate surface area is 107 Å². The van der Waals surface area contributed by atoms with Gasteiger partial charge in [-0.25, -0.2) is 0 Å². The molecule has 18 heavy (non-hydrogen) atoms. The van der Waals surface area contributed by atoms with E-state index in [0.717, 1.165) is 45.1 Å². The number of carbonyl (C=O) groups excluding carboxylic acids is 1. The second-order valence-corrected chi connectivity index (χ2v) is 5.16. The molecule has 0 aromatic rings. The third-order valence-corrected chi connectivity index (χ3v) is 3.87. The number of rotatable bonds is 4. The minimum Gasteiger partial charge on any atom is -0.409 e. The van der Waals surface area contributed by atoms with Crippen LogP contribution in [0.2, 0.25) is 0 Å². The van der Waals surface area contributed by atoms with Gasteiger partial charge in [-0.2, -0.15) is 0 Å². The van der Waals surface area contributed by atoms with Crippen molar-refractivity contribution >= 4 is 11.7 Å². The average molecular weight is 255 g/mol. The van der Waals surface area contributed by atoms with E-state index in [4.69, 9.17) is 15.7 Å². The number of carbonyl (C=O) groups is 1. The van der Waals surface area contributed by atoms with Gasteiger partial charge in [-0.15, -0.1) is 0 Å². The molecule has 6 nitrogen and oxygen atoms in total. The van der Waals surface area contributed by atoms with E-state index in [1.54, 1.807) is 0 Å². The van der Waals surface area contributed by atoms with Crippen LogP contribution >= 0.6 is 0 Å². The Morgan fingerprint density at radius 2 is 2.17 bits per heavy atom. The first-order valence-corrected chi connectivity index (χ1v) is 6.57. The molecule has 6 heteroatoms. The minimum absolute atomic E-state index is 0.0238. The lowest BCUT2D eigenvalue weighted by atomic mass is 9.95. The molecule has 0 aromatic carbocycles. The average Bonchev–Trinajstić information content (AvgIpc) is 3.00. The molecule has 4 N–H and O–H groups in total. The lowest BCUT2D eigenvalue weighted by Crippen LogP contribution is -2.56. The zero-order valence-corrected chi connectivity index (χ0v) is 10.5. The molecule has 0 aromatic heterocycles. The van der Waals surface area contributed by atoms with Gasteiger partial charge in [0.05, 0.1) is 12.5 Å². The Hall–Kier alpha value is -1.30. The molecule has 2 fully saturated rings. The molecule has 1 aliphatic heterocycles. The lowest BCUT2D eigenvalue weighted by molar-refractivity contribution is -0.124. The van der Waals surface area contributed by atoms with E-state index < -0.39 is 5.54 Å². The predicted octanol–water partition coefficient (Wildman–Crippen LogP) is 0.731. The van der Waals surface area contributed by atoms with Crippen LogP contribution in [0.4, 0.5) is 0 Å².